The number of piperazine rings is 1. The second-order valence-electron chi connectivity index (χ2n) is 17.4. The number of rotatable bonds is 17. The zero-order valence-electron chi connectivity index (χ0n) is 36.3. The van der Waals surface area contributed by atoms with Crippen molar-refractivity contribution in [1.82, 2.24) is 35.6 Å². The van der Waals surface area contributed by atoms with Crippen molar-refractivity contribution < 1.29 is 29.4 Å². The maximum Gasteiger partial charge on any atom is 0.246 e. The number of aryl methyl sites for hydroxylation is 1. The highest BCUT2D eigenvalue weighted by atomic mass is 32.1. The number of anilines is 2. The van der Waals surface area contributed by atoms with Crippen molar-refractivity contribution in [1.29, 1.82) is 0 Å². The Labute approximate surface area is 368 Å². The minimum absolute atomic E-state index is 0.0255. The first kappa shape index (κ1) is 45.9. The van der Waals surface area contributed by atoms with Crippen LogP contribution in [0.2, 0.25) is 0 Å². The number of aromatic hydroxyl groups is 1. The molecule has 0 saturated carbocycles. The zero-order valence-corrected chi connectivity index (χ0v) is 37.1. The second-order valence-corrected chi connectivity index (χ2v) is 18.3. The van der Waals surface area contributed by atoms with Gasteiger partial charge in [-0.2, -0.15) is 0 Å². The first-order valence-corrected chi connectivity index (χ1v) is 22.6. The number of aromatic nitrogens is 3. The first-order valence-electron chi connectivity index (χ1n) is 21.7. The summed E-state index contributed by atoms with van der Waals surface area (Å²) in [7, 11) is 0. The number of nitrogens with one attached hydrogen (secondary N) is 2. The Hall–Kier alpha value is -5.61. The van der Waals surface area contributed by atoms with Gasteiger partial charge in [0.1, 0.15) is 17.8 Å². The van der Waals surface area contributed by atoms with Crippen molar-refractivity contribution in [3.05, 3.63) is 71.4 Å². The van der Waals surface area contributed by atoms with Gasteiger partial charge in [-0.3, -0.25) is 19.2 Å². The second kappa shape index (κ2) is 21.0. The molecule has 3 atom stereocenters. The van der Waals surface area contributed by atoms with Crippen molar-refractivity contribution in [3.63, 3.8) is 0 Å². The number of hydrogen-bond donors (Lipinski definition) is 5. The van der Waals surface area contributed by atoms with Gasteiger partial charge < -0.3 is 41.3 Å². The molecule has 2 saturated heterocycles. The van der Waals surface area contributed by atoms with Crippen molar-refractivity contribution >= 4 is 46.5 Å². The number of nitrogens with two attached hydrogens (primary N) is 1. The number of hydrogen-bond acceptors (Lipinski definition) is 12. The smallest absolute Gasteiger partial charge is 0.246 e. The number of unbranched alkanes of at least 4 members (excludes halogenated alkanes) is 4. The molecule has 15 nitrogen and oxygen atoms in total. The fourth-order valence-corrected chi connectivity index (χ4v) is 8.93. The number of phenols is 1. The number of para-hydroxylation sites is 1. The van der Waals surface area contributed by atoms with E-state index in [1.165, 1.54) is 4.90 Å². The number of thiazole rings is 1. The molecule has 6 rings (SSSR count). The molecular weight excluding hydrogens is 807 g/mol. The molecule has 4 heterocycles. The number of aliphatic hydroxyl groups is 1. The molecule has 4 aromatic rings. The van der Waals surface area contributed by atoms with Crippen LogP contribution in [0, 0.1) is 12.3 Å². The first-order chi connectivity index (χ1) is 29.7. The van der Waals surface area contributed by atoms with Crippen LogP contribution in [0.4, 0.5) is 11.5 Å². The van der Waals surface area contributed by atoms with Crippen molar-refractivity contribution in [2.24, 2.45) is 5.41 Å². The predicted molar refractivity (Wildman–Crippen MR) is 241 cm³/mol. The lowest BCUT2D eigenvalue weighted by molar-refractivity contribution is -0.144. The highest BCUT2D eigenvalue weighted by Crippen LogP contribution is 2.32. The Morgan fingerprint density at radius 1 is 0.935 bits per heavy atom. The molecule has 16 heteroatoms. The molecule has 2 aromatic carbocycles. The maximum absolute atomic E-state index is 14.0. The number of aliphatic hydroxyl groups excluding tert-OH is 1. The van der Waals surface area contributed by atoms with E-state index in [1.807, 2.05) is 62.4 Å². The standard InChI is InChI=1S/C46H61N9O6S/c1-30-41(62-29-49-30)32-18-16-31(17-19-32)20-21-48-44(60)37-26-33(56)28-55(37)45(61)42(46(2,3)4)50-39(58)14-8-6-5-7-9-15-40(59)54-24-22-53(23-25-54)36-27-35(51-52-43(36)47)34-12-10-11-13-38(34)57/h10-13,16-19,27,29,33,37,42,56-57H,5-9,14-15,20-26,28H2,1-4H3,(H2,47,52)(H,48,60)(H,50,58)/t33-,37-,42+/m0/s1. The van der Waals surface area contributed by atoms with Crippen molar-refractivity contribution in [3.8, 4) is 27.4 Å². The SMILES string of the molecule is Cc1ncsc1-c1ccc(CCNC(=O)[C@@H]2C[C@H](O)CN2C(=O)[C@@H](NC(=O)CCCCCCCC(=O)N2CCN(c3cc(-c4ccccc4O)nnc3N)CC2)C(C)(C)C)cc1. The molecule has 2 fully saturated rings. The highest BCUT2D eigenvalue weighted by molar-refractivity contribution is 7.13. The van der Waals surface area contributed by atoms with E-state index in [9.17, 15) is 29.4 Å². The van der Waals surface area contributed by atoms with Crippen LogP contribution >= 0.6 is 11.3 Å². The molecule has 0 unspecified atom stereocenters. The molecule has 2 aliphatic rings. The number of nitrogens with zero attached hydrogens (tertiary/aromatic N) is 6. The van der Waals surface area contributed by atoms with E-state index < -0.39 is 23.6 Å². The van der Waals surface area contributed by atoms with Gasteiger partial charge in [-0.15, -0.1) is 21.5 Å². The molecule has 62 heavy (non-hydrogen) atoms. The van der Waals surface area contributed by atoms with E-state index in [0.29, 0.717) is 69.1 Å². The van der Waals surface area contributed by atoms with Gasteiger partial charge in [0, 0.05) is 64.1 Å². The Bertz CT molecular complexity index is 2170. The summed E-state index contributed by atoms with van der Waals surface area (Å²) >= 11 is 1.60. The van der Waals surface area contributed by atoms with Gasteiger partial charge in [-0.05, 0) is 60.9 Å². The lowest BCUT2D eigenvalue weighted by atomic mass is 9.85. The van der Waals surface area contributed by atoms with E-state index in [4.69, 9.17) is 5.73 Å². The number of nitrogen functional groups attached to an aromatic ring is 1. The van der Waals surface area contributed by atoms with Crippen LogP contribution in [-0.2, 0) is 25.6 Å². The molecule has 2 aromatic heterocycles. The molecule has 0 spiro atoms. The summed E-state index contributed by atoms with van der Waals surface area (Å²) in [5.74, 6) is -0.395. The fraction of sp³-hybridized carbons (Fsp3) is 0.500. The third kappa shape index (κ3) is 11.8. The summed E-state index contributed by atoms with van der Waals surface area (Å²) in [5, 5.41) is 35.0. The summed E-state index contributed by atoms with van der Waals surface area (Å²) < 4.78 is 0. The Morgan fingerprint density at radius 3 is 2.31 bits per heavy atom. The van der Waals surface area contributed by atoms with Crippen LogP contribution in [-0.4, -0.2) is 116 Å². The average Bonchev–Trinajstić information content (AvgIpc) is 3.87. The molecule has 0 bridgehead atoms. The van der Waals surface area contributed by atoms with Gasteiger partial charge in [-0.25, -0.2) is 4.98 Å². The number of carbonyl (C=O) groups excluding carboxylic acids is 4. The minimum atomic E-state index is -0.871. The average molecular weight is 868 g/mol. The lowest BCUT2D eigenvalue weighted by Crippen LogP contribution is -2.57. The van der Waals surface area contributed by atoms with Crippen molar-refractivity contribution in [2.75, 3.05) is 49.9 Å². The third-order valence-electron chi connectivity index (χ3n) is 11.7. The topological polar surface area (TPSA) is 207 Å². The van der Waals surface area contributed by atoms with Crippen LogP contribution in [0.3, 0.4) is 0 Å². The summed E-state index contributed by atoms with van der Waals surface area (Å²) in [6.45, 7) is 10.4. The molecule has 6 N–H and O–H groups in total. The van der Waals surface area contributed by atoms with Gasteiger partial charge in [0.05, 0.1) is 33.6 Å². The number of phenolic OH excluding ortho intramolecular Hbond substituents is 1. The minimum Gasteiger partial charge on any atom is -0.507 e. The Morgan fingerprint density at radius 2 is 1.63 bits per heavy atom. The number of benzene rings is 2. The Balaban J connectivity index is 0.880. The highest BCUT2D eigenvalue weighted by Gasteiger charge is 2.44. The number of β-amino-alcohol motifs (C(OH)–C–C–N with tert-alkyl or cyclic N) is 1. The summed E-state index contributed by atoms with van der Waals surface area (Å²) in [6.07, 6.45) is 4.59. The number of carbonyl (C=O) groups is 4. The zero-order chi connectivity index (χ0) is 44.4. The van der Waals surface area contributed by atoms with Gasteiger partial charge in [0.15, 0.2) is 5.82 Å². The lowest BCUT2D eigenvalue weighted by Gasteiger charge is -2.36. The number of amides is 4. The van der Waals surface area contributed by atoms with Crippen LogP contribution in [0.5, 0.6) is 5.75 Å². The molecule has 0 aliphatic carbocycles. The Kier molecular flexibility index (Phi) is 15.5. The third-order valence-corrected chi connectivity index (χ3v) is 12.7. The van der Waals surface area contributed by atoms with Gasteiger partial charge >= 0.3 is 0 Å². The number of likely N-dealkylation sites (tertiary alicyclic amines) is 1. The quantitative estimate of drug-likeness (QED) is 0.0884. The van der Waals surface area contributed by atoms with E-state index in [-0.39, 0.29) is 48.8 Å². The summed E-state index contributed by atoms with van der Waals surface area (Å²) in [4.78, 5) is 64.4. The predicted octanol–water partition coefficient (Wildman–Crippen LogP) is 5.09. The van der Waals surface area contributed by atoms with Crippen LogP contribution in [0.15, 0.2) is 60.1 Å². The monoisotopic (exact) mass is 867 g/mol. The van der Waals surface area contributed by atoms with Crippen LogP contribution < -0.4 is 21.3 Å². The van der Waals surface area contributed by atoms with Crippen LogP contribution in [0.1, 0.15) is 83.4 Å². The molecular formula is C46H61N9O6S. The van der Waals surface area contributed by atoms with Gasteiger partial charge in [-0.1, -0.05) is 76.4 Å². The van der Waals surface area contributed by atoms with E-state index >= 15 is 0 Å². The fourth-order valence-electron chi connectivity index (χ4n) is 8.12. The molecule has 2 aliphatic heterocycles. The molecule has 332 valence electrons. The van der Waals surface area contributed by atoms with Gasteiger partial charge in [0.25, 0.3) is 0 Å². The van der Waals surface area contributed by atoms with E-state index in [1.54, 1.807) is 29.5 Å². The van der Waals surface area contributed by atoms with Crippen LogP contribution in [0.25, 0.3) is 21.7 Å². The normalized spacial score (nSPS) is 17.2. The van der Waals surface area contributed by atoms with Crippen molar-refractivity contribution in [2.45, 2.75) is 104 Å². The van der Waals surface area contributed by atoms with Gasteiger partial charge in [0.2, 0.25) is 23.6 Å². The molecule has 4 amide bonds. The van der Waals surface area contributed by atoms with E-state index in [2.05, 4.69) is 42.8 Å². The summed E-state index contributed by atoms with van der Waals surface area (Å²) in [6, 6.07) is 15.3. The molecule has 0 radical (unpaired) electrons. The largest absolute Gasteiger partial charge is 0.507 e. The summed E-state index contributed by atoms with van der Waals surface area (Å²) in [5.41, 5.74) is 12.4. The maximum atomic E-state index is 14.0. The van der Waals surface area contributed by atoms with E-state index in [0.717, 1.165) is 53.1 Å².